The second-order valence-electron chi connectivity index (χ2n) is 7.20. The number of carbonyl (C=O) groups is 2. The van der Waals surface area contributed by atoms with E-state index < -0.39 is 26.5 Å². The number of urea groups is 1. The van der Waals surface area contributed by atoms with Crippen LogP contribution in [0, 0.1) is 5.92 Å². The number of anilines is 1. The maximum atomic E-state index is 12.4. The zero-order chi connectivity index (χ0) is 20.5. The summed E-state index contributed by atoms with van der Waals surface area (Å²) < 4.78 is 23.1. The molecule has 1 aromatic heterocycles. The first-order chi connectivity index (χ1) is 13.1. The van der Waals surface area contributed by atoms with Crippen LogP contribution in [0.1, 0.15) is 26.7 Å². The first-order valence-electron chi connectivity index (χ1n) is 8.65. The van der Waals surface area contributed by atoms with E-state index in [1.165, 1.54) is 26.0 Å². The van der Waals surface area contributed by atoms with Gasteiger partial charge in [0.2, 0.25) is 5.91 Å². The zero-order valence-corrected chi connectivity index (χ0v) is 16.2. The second kappa shape index (κ2) is 7.23. The minimum Gasteiger partial charge on any atom is -0.508 e. The number of nitrogens with one attached hydrogen (secondary N) is 3. The Hall–Kier alpha value is -2.95. The van der Waals surface area contributed by atoms with Gasteiger partial charge in [0.1, 0.15) is 10.5 Å². The number of aromatic hydroxyl groups is 1. The first kappa shape index (κ1) is 19.8. The van der Waals surface area contributed by atoms with E-state index in [4.69, 9.17) is 0 Å². The van der Waals surface area contributed by atoms with Crippen LogP contribution >= 0.6 is 0 Å². The number of phenols is 1. The molecule has 150 valence electrons. The number of carbonyl (C=O) groups excluding carboxylic acids is 2. The first-order valence-corrected chi connectivity index (χ1v) is 10.3. The second-order valence-corrected chi connectivity index (χ2v) is 9.78. The molecule has 0 atom stereocenters. The minimum absolute atomic E-state index is 0.0635. The number of aromatic amines is 1. The van der Waals surface area contributed by atoms with Crippen LogP contribution in [0.15, 0.2) is 24.3 Å². The van der Waals surface area contributed by atoms with E-state index in [0.717, 1.165) is 12.8 Å². The van der Waals surface area contributed by atoms with E-state index in [0.29, 0.717) is 11.4 Å². The minimum atomic E-state index is -3.70. The molecule has 1 aliphatic carbocycles. The van der Waals surface area contributed by atoms with Crippen LogP contribution in [0.2, 0.25) is 0 Å². The number of sulfone groups is 1. The summed E-state index contributed by atoms with van der Waals surface area (Å²) in [5.41, 5.74) is 0.627. The van der Waals surface area contributed by atoms with Gasteiger partial charge >= 0.3 is 6.03 Å². The summed E-state index contributed by atoms with van der Waals surface area (Å²) in [6.07, 6.45) is 1.68. The van der Waals surface area contributed by atoms with Crippen molar-refractivity contribution in [3.8, 4) is 17.1 Å². The number of hydrogen-bond donors (Lipinski definition) is 4. The third-order valence-electron chi connectivity index (χ3n) is 4.55. The van der Waals surface area contributed by atoms with Crippen LogP contribution in [-0.4, -0.2) is 51.1 Å². The van der Waals surface area contributed by atoms with Crippen molar-refractivity contribution in [2.75, 3.05) is 11.1 Å². The summed E-state index contributed by atoms with van der Waals surface area (Å²) in [4.78, 5) is 28.5. The molecule has 1 saturated carbocycles. The number of hydrogen-bond acceptors (Lipinski definition) is 7. The molecule has 0 spiro atoms. The van der Waals surface area contributed by atoms with E-state index in [1.54, 1.807) is 12.1 Å². The number of nitrogens with zero attached hydrogens (tertiary/aromatic N) is 2. The molecule has 0 aliphatic heterocycles. The summed E-state index contributed by atoms with van der Waals surface area (Å²) in [5, 5.41) is 20.1. The Balaban J connectivity index is 1.62. The van der Waals surface area contributed by atoms with Crippen molar-refractivity contribution >= 4 is 27.7 Å². The number of imide groups is 1. The topological polar surface area (TPSA) is 154 Å². The highest BCUT2D eigenvalue weighted by molar-refractivity contribution is 7.93. The van der Waals surface area contributed by atoms with Crippen molar-refractivity contribution in [2.45, 2.75) is 31.4 Å². The SMILES string of the molecule is CC(C)(C(=O)NC(=O)Nc1n[nH]c(-c2ccc(O)cc2)n1)S(=O)(=O)CC1CC1. The number of phenolic OH excluding ortho intramolecular Hbond substituents is 1. The smallest absolute Gasteiger partial charge is 0.328 e. The summed E-state index contributed by atoms with van der Waals surface area (Å²) in [6, 6.07) is 5.23. The molecule has 1 heterocycles. The molecule has 0 saturated heterocycles. The Morgan fingerprint density at radius 3 is 2.50 bits per heavy atom. The van der Waals surface area contributed by atoms with Gasteiger partial charge in [0.25, 0.3) is 5.95 Å². The molecule has 0 unspecified atom stereocenters. The Labute approximate surface area is 161 Å². The van der Waals surface area contributed by atoms with E-state index in [2.05, 4.69) is 20.5 Å². The summed E-state index contributed by atoms with van der Waals surface area (Å²) in [7, 11) is -3.70. The standard InChI is InChI=1S/C17H21N5O5S/c1-17(2,28(26,27)9-10-3-4-10)14(24)19-16(25)20-15-18-13(21-22-15)11-5-7-12(23)8-6-11/h5-8,10,23H,3-4,9H2,1-2H3,(H3,18,19,20,21,22,24,25). The highest BCUT2D eigenvalue weighted by Gasteiger charge is 2.44. The van der Waals surface area contributed by atoms with Gasteiger partial charge in [-0.15, -0.1) is 5.10 Å². The number of benzene rings is 1. The Morgan fingerprint density at radius 2 is 1.89 bits per heavy atom. The fraction of sp³-hybridized carbons (Fsp3) is 0.412. The van der Waals surface area contributed by atoms with Gasteiger partial charge in [0.15, 0.2) is 15.7 Å². The van der Waals surface area contributed by atoms with Crippen LogP contribution in [-0.2, 0) is 14.6 Å². The van der Waals surface area contributed by atoms with Gasteiger partial charge in [0.05, 0.1) is 5.75 Å². The van der Waals surface area contributed by atoms with Gasteiger partial charge in [-0.25, -0.2) is 13.2 Å². The van der Waals surface area contributed by atoms with Gasteiger partial charge in [-0.05, 0) is 56.9 Å². The molecule has 3 amide bonds. The Bertz CT molecular complexity index is 993. The third-order valence-corrected chi connectivity index (χ3v) is 7.21. The molecule has 1 fully saturated rings. The molecule has 2 aromatic rings. The molecular weight excluding hydrogens is 386 g/mol. The zero-order valence-electron chi connectivity index (χ0n) is 15.4. The number of amides is 3. The third kappa shape index (κ3) is 4.30. The highest BCUT2D eigenvalue weighted by Crippen LogP contribution is 2.33. The largest absolute Gasteiger partial charge is 0.508 e. The number of H-pyrrole nitrogens is 1. The molecule has 0 radical (unpaired) electrons. The molecule has 3 rings (SSSR count). The van der Waals surface area contributed by atoms with Crippen molar-refractivity contribution < 1.29 is 23.1 Å². The molecular formula is C17H21N5O5S. The van der Waals surface area contributed by atoms with Gasteiger partial charge in [0, 0.05) is 5.56 Å². The quantitative estimate of drug-likeness (QED) is 0.564. The van der Waals surface area contributed by atoms with Crippen molar-refractivity contribution in [1.82, 2.24) is 20.5 Å². The lowest BCUT2D eigenvalue weighted by Crippen LogP contribution is -2.51. The van der Waals surface area contributed by atoms with Crippen LogP contribution in [0.4, 0.5) is 10.7 Å². The summed E-state index contributed by atoms with van der Waals surface area (Å²) in [6.45, 7) is 2.56. The van der Waals surface area contributed by atoms with Gasteiger partial charge in [-0.2, -0.15) is 4.98 Å². The molecule has 0 bridgehead atoms. The van der Waals surface area contributed by atoms with E-state index in [1.807, 2.05) is 5.32 Å². The van der Waals surface area contributed by atoms with Crippen molar-refractivity contribution in [2.24, 2.45) is 5.92 Å². The van der Waals surface area contributed by atoms with Crippen LogP contribution in [0.25, 0.3) is 11.4 Å². The average Bonchev–Trinajstić information content (AvgIpc) is 3.29. The molecule has 1 aromatic carbocycles. The van der Waals surface area contributed by atoms with Gasteiger partial charge in [-0.3, -0.25) is 20.5 Å². The monoisotopic (exact) mass is 407 g/mol. The van der Waals surface area contributed by atoms with Gasteiger partial charge < -0.3 is 5.11 Å². The summed E-state index contributed by atoms with van der Waals surface area (Å²) >= 11 is 0. The van der Waals surface area contributed by atoms with Crippen LogP contribution in [0.3, 0.4) is 0 Å². The molecule has 11 heteroatoms. The lowest BCUT2D eigenvalue weighted by molar-refractivity contribution is -0.121. The van der Waals surface area contributed by atoms with E-state index in [9.17, 15) is 23.1 Å². The maximum absolute atomic E-state index is 12.4. The van der Waals surface area contributed by atoms with Crippen molar-refractivity contribution in [1.29, 1.82) is 0 Å². The highest BCUT2D eigenvalue weighted by atomic mass is 32.2. The normalized spacial score (nSPS) is 14.5. The molecule has 1 aliphatic rings. The Morgan fingerprint density at radius 1 is 1.25 bits per heavy atom. The lowest BCUT2D eigenvalue weighted by atomic mass is 10.2. The van der Waals surface area contributed by atoms with Crippen LogP contribution < -0.4 is 10.6 Å². The molecule has 28 heavy (non-hydrogen) atoms. The Kier molecular flexibility index (Phi) is 5.11. The molecule has 10 nitrogen and oxygen atoms in total. The lowest BCUT2D eigenvalue weighted by Gasteiger charge is -2.23. The fourth-order valence-electron chi connectivity index (χ4n) is 2.40. The van der Waals surface area contributed by atoms with Crippen LogP contribution in [0.5, 0.6) is 5.75 Å². The van der Waals surface area contributed by atoms with Gasteiger partial charge in [-0.1, -0.05) is 0 Å². The molecule has 4 N–H and O–H groups in total. The van der Waals surface area contributed by atoms with E-state index in [-0.39, 0.29) is 23.4 Å². The predicted molar refractivity (Wildman–Crippen MR) is 101 cm³/mol. The van der Waals surface area contributed by atoms with E-state index >= 15 is 0 Å². The fourth-order valence-corrected chi connectivity index (χ4v) is 4.10. The van der Waals surface area contributed by atoms with Crippen molar-refractivity contribution in [3.63, 3.8) is 0 Å². The number of aromatic nitrogens is 3. The summed E-state index contributed by atoms with van der Waals surface area (Å²) in [5.74, 6) is -0.538. The maximum Gasteiger partial charge on any atom is 0.328 e. The average molecular weight is 407 g/mol. The number of rotatable bonds is 6. The van der Waals surface area contributed by atoms with Crippen molar-refractivity contribution in [3.05, 3.63) is 24.3 Å². The predicted octanol–water partition coefficient (Wildman–Crippen LogP) is 1.43.